The number of alkyl halides is 3. The quantitative estimate of drug-likeness (QED) is 0.692. The fourth-order valence-electron chi connectivity index (χ4n) is 1.57. The average Bonchev–Trinajstić information content (AvgIpc) is 2.19. The maximum Gasteiger partial charge on any atom is 0.390 e. The van der Waals surface area contributed by atoms with Crippen LogP contribution in [-0.4, -0.2) is 30.7 Å². The van der Waals surface area contributed by atoms with Gasteiger partial charge >= 0.3 is 6.18 Å². The van der Waals surface area contributed by atoms with Gasteiger partial charge in [-0.2, -0.15) is 13.2 Å². The lowest BCUT2D eigenvalue weighted by atomic mass is 9.99. The van der Waals surface area contributed by atoms with Crippen molar-refractivity contribution in [2.24, 2.45) is 5.92 Å². The highest BCUT2D eigenvalue weighted by molar-refractivity contribution is 4.70. The molecule has 1 fully saturated rings. The third-order valence-corrected chi connectivity index (χ3v) is 2.59. The van der Waals surface area contributed by atoms with Crippen molar-refractivity contribution in [3.63, 3.8) is 0 Å². The zero-order valence-electron chi connectivity index (χ0n) is 9.90. The van der Waals surface area contributed by atoms with Gasteiger partial charge in [0.15, 0.2) is 0 Å². The first kappa shape index (κ1) is 14.8. The van der Waals surface area contributed by atoms with Crippen molar-refractivity contribution < 1.29 is 13.2 Å². The van der Waals surface area contributed by atoms with E-state index in [1.807, 2.05) is 18.7 Å². The van der Waals surface area contributed by atoms with Crippen molar-refractivity contribution in [2.45, 2.75) is 46.2 Å². The predicted octanol–water partition coefficient (Wildman–Crippen LogP) is 3.70. The summed E-state index contributed by atoms with van der Waals surface area (Å²) >= 11 is 0. The molecule has 0 aliphatic carbocycles. The van der Waals surface area contributed by atoms with E-state index in [9.17, 15) is 13.2 Å². The molecule has 0 aromatic carbocycles. The topological polar surface area (TPSA) is 3.24 Å². The summed E-state index contributed by atoms with van der Waals surface area (Å²) in [6.45, 7) is 7.99. The molecular formula is C11H22F3N. The second-order valence-corrected chi connectivity index (χ2v) is 3.89. The van der Waals surface area contributed by atoms with Crippen LogP contribution in [0.25, 0.3) is 0 Å². The highest BCUT2D eigenvalue weighted by Gasteiger charge is 2.28. The number of nitrogens with zero attached hydrogens (tertiary/aromatic N) is 1. The number of piperidine rings is 1. The zero-order chi connectivity index (χ0) is 11.9. The third-order valence-electron chi connectivity index (χ3n) is 2.59. The molecule has 0 N–H and O–H groups in total. The summed E-state index contributed by atoms with van der Waals surface area (Å²) in [7, 11) is 0. The van der Waals surface area contributed by atoms with E-state index in [0.717, 1.165) is 25.9 Å². The Bertz CT molecular complexity index is 148. The normalized spacial score (nSPS) is 19.6. The van der Waals surface area contributed by atoms with Crippen LogP contribution in [0, 0.1) is 5.92 Å². The lowest BCUT2D eigenvalue weighted by Crippen LogP contribution is -2.35. The molecule has 1 saturated heterocycles. The van der Waals surface area contributed by atoms with E-state index in [0.29, 0.717) is 5.92 Å². The third kappa shape index (κ3) is 7.65. The number of halogens is 3. The van der Waals surface area contributed by atoms with Gasteiger partial charge < -0.3 is 4.90 Å². The molecule has 1 aliphatic heterocycles. The first-order valence-corrected chi connectivity index (χ1v) is 5.76. The van der Waals surface area contributed by atoms with Crippen LogP contribution in [0.1, 0.15) is 40.0 Å². The number of hydrogen-bond acceptors (Lipinski definition) is 1. The van der Waals surface area contributed by atoms with Crippen LogP contribution in [0.15, 0.2) is 0 Å². The molecule has 0 unspecified atom stereocenters. The van der Waals surface area contributed by atoms with Crippen LogP contribution in [0.5, 0.6) is 0 Å². The largest absolute Gasteiger partial charge is 0.390 e. The second kappa shape index (κ2) is 7.09. The van der Waals surface area contributed by atoms with Gasteiger partial charge in [-0.15, -0.1) is 0 Å². The SMILES string of the molecule is CC.CC1CCN(CCC(F)(F)F)CC1. The average molecular weight is 225 g/mol. The molecule has 1 aliphatic rings. The Balaban J connectivity index is 0.000000921. The molecule has 1 heterocycles. The van der Waals surface area contributed by atoms with Gasteiger partial charge in [-0.3, -0.25) is 0 Å². The highest BCUT2D eigenvalue weighted by atomic mass is 19.4. The monoisotopic (exact) mass is 225 g/mol. The summed E-state index contributed by atoms with van der Waals surface area (Å²) in [5, 5.41) is 0. The molecule has 1 rings (SSSR count). The molecule has 0 aromatic heterocycles. The van der Waals surface area contributed by atoms with E-state index in [1.54, 1.807) is 0 Å². The van der Waals surface area contributed by atoms with Crippen molar-refractivity contribution in [1.29, 1.82) is 0 Å². The van der Waals surface area contributed by atoms with Crippen molar-refractivity contribution in [3.05, 3.63) is 0 Å². The minimum absolute atomic E-state index is 0.177. The summed E-state index contributed by atoms with van der Waals surface area (Å²) in [6, 6.07) is 0. The molecule has 0 bridgehead atoms. The van der Waals surface area contributed by atoms with E-state index >= 15 is 0 Å². The fraction of sp³-hybridized carbons (Fsp3) is 1.00. The maximum absolute atomic E-state index is 11.9. The van der Waals surface area contributed by atoms with Crippen molar-refractivity contribution in [1.82, 2.24) is 4.90 Å². The van der Waals surface area contributed by atoms with Gasteiger partial charge in [-0.05, 0) is 31.8 Å². The Labute approximate surface area is 90.6 Å². The molecule has 15 heavy (non-hydrogen) atoms. The first-order chi connectivity index (χ1) is 6.97. The van der Waals surface area contributed by atoms with Gasteiger partial charge in [0.05, 0.1) is 6.42 Å². The first-order valence-electron chi connectivity index (χ1n) is 5.76. The van der Waals surface area contributed by atoms with Crippen LogP contribution in [0.3, 0.4) is 0 Å². The van der Waals surface area contributed by atoms with E-state index in [2.05, 4.69) is 6.92 Å². The Kier molecular flexibility index (Phi) is 6.98. The summed E-state index contributed by atoms with van der Waals surface area (Å²) < 4.78 is 35.6. The van der Waals surface area contributed by atoms with Crippen LogP contribution in [0.4, 0.5) is 13.2 Å². The number of likely N-dealkylation sites (tertiary alicyclic amines) is 1. The minimum Gasteiger partial charge on any atom is -0.303 e. The Hall–Kier alpha value is -0.250. The summed E-state index contributed by atoms with van der Waals surface area (Å²) in [5.41, 5.74) is 0. The van der Waals surface area contributed by atoms with Gasteiger partial charge in [0.2, 0.25) is 0 Å². The van der Waals surface area contributed by atoms with Gasteiger partial charge in [0.25, 0.3) is 0 Å². The molecule has 0 aromatic rings. The van der Waals surface area contributed by atoms with Crippen LogP contribution in [-0.2, 0) is 0 Å². The number of hydrogen-bond donors (Lipinski definition) is 0. The van der Waals surface area contributed by atoms with Crippen LogP contribution in [0.2, 0.25) is 0 Å². The van der Waals surface area contributed by atoms with E-state index in [4.69, 9.17) is 0 Å². The molecule has 0 atom stereocenters. The van der Waals surface area contributed by atoms with Gasteiger partial charge in [-0.1, -0.05) is 20.8 Å². The summed E-state index contributed by atoms with van der Waals surface area (Å²) in [6.07, 6.45) is -2.58. The minimum atomic E-state index is -4.00. The molecule has 0 amide bonds. The fourth-order valence-corrected chi connectivity index (χ4v) is 1.57. The second-order valence-electron chi connectivity index (χ2n) is 3.89. The molecule has 0 saturated carbocycles. The Morgan fingerprint density at radius 2 is 1.60 bits per heavy atom. The smallest absolute Gasteiger partial charge is 0.303 e. The molecule has 4 heteroatoms. The summed E-state index contributed by atoms with van der Waals surface area (Å²) in [4.78, 5) is 1.91. The lowest BCUT2D eigenvalue weighted by molar-refractivity contribution is -0.138. The molecule has 1 nitrogen and oxygen atoms in total. The van der Waals surface area contributed by atoms with E-state index in [-0.39, 0.29) is 6.54 Å². The number of rotatable bonds is 2. The zero-order valence-corrected chi connectivity index (χ0v) is 9.90. The Morgan fingerprint density at radius 3 is 2.00 bits per heavy atom. The van der Waals surface area contributed by atoms with Crippen LogP contribution >= 0.6 is 0 Å². The summed E-state index contributed by atoms with van der Waals surface area (Å²) in [5.74, 6) is 0.683. The molecule has 92 valence electrons. The standard InChI is InChI=1S/C9H16F3N.C2H6/c1-8-2-5-13(6-3-8)7-4-9(10,11)12;1-2/h8H,2-7H2,1H3;1-2H3. The van der Waals surface area contributed by atoms with Crippen LogP contribution < -0.4 is 0 Å². The molecule has 0 spiro atoms. The Morgan fingerprint density at radius 1 is 1.13 bits per heavy atom. The van der Waals surface area contributed by atoms with Crippen molar-refractivity contribution in [3.8, 4) is 0 Å². The predicted molar refractivity (Wildman–Crippen MR) is 56.9 cm³/mol. The van der Waals surface area contributed by atoms with Crippen molar-refractivity contribution >= 4 is 0 Å². The van der Waals surface area contributed by atoms with E-state index < -0.39 is 12.6 Å². The van der Waals surface area contributed by atoms with Crippen molar-refractivity contribution in [2.75, 3.05) is 19.6 Å². The lowest BCUT2D eigenvalue weighted by Gasteiger charge is -2.30. The van der Waals surface area contributed by atoms with Gasteiger partial charge in [0, 0.05) is 6.54 Å². The van der Waals surface area contributed by atoms with Gasteiger partial charge in [0.1, 0.15) is 0 Å². The van der Waals surface area contributed by atoms with Gasteiger partial charge in [-0.25, -0.2) is 0 Å². The van der Waals surface area contributed by atoms with E-state index in [1.165, 1.54) is 0 Å². The highest BCUT2D eigenvalue weighted by Crippen LogP contribution is 2.22. The maximum atomic E-state index is 11.9. The molecule has 0 radical (unpaired) electrons. The molecular weight excluding hydrogens is 203 g/mol.